The van der Waals surface area contributed by atoms with E-state index in [-0.39, 0.29) is 12.5 Å². The van der Waals surface area contributed by atoms with Gasteiger partial charge in [-0.15, -0.1) is 0 Å². The van der Waals surface area contributed by atoms with Crippen LogP contribution in [0.15, 0.2) is 30.5 Å². The molecular weight excluding hydrogens is 288 g/mol. The summed E-state index contributed by atoms with van der Waals surface area (Å²) in [4.78, 5) is 12.2. The number of rotatable bonds is 2. The standard InChI is InChI=1S/C16H15ClN2O2/c1-11-6-12(4-3-5-20)8-14(7-11)18-16(21)15-9-13(17)10-19(15)2/h6-10,20H,5H2,1-2H3,(H,18,21). The Morgan fingerprint density at radius 3 is 2.76 bits per heavy atom. The quantitative estimate of drug-likeness (QED) is 0.838. The first-order valence-electron chi connectivity index (χ1n) is 6.34. The first-order valence-corrected chi connectivity index (χ1v) is 6.72. The van der Waals surface area contributed by atoms with Gasteiger partial charge in [0.15, 0.2) is 0 Å². The average Bonchev–Trinajstić information content (AvgIpc) is 2.75. The van der Waals surface area contributed by atoms with Crippen molar-refractivity contribution in [2.45, 2.75) is 6.92 Å². The largest absolute Gasteiger partial charge is 0.384 e. The molecule has 2 N–H and O–H groups in total. The average molecular weight is 303 g/mol. The number of aromatic nitrogens is 1. The van der Waals surface area contributed by atoms with E-state index in [9.17, 15) is 4.79 Å². The maximum atomic E-state index is 12.2. The number of carbonyl (C=O) groups excluding carboxylic acids is 1. The molecule has 5 heteroatoms. The lowest BCUT2D eigenvalue weighted by atomic mass is 10.1. The van der Waals surface area contributed by atoms with Gasteiger partial charge < -0.3 is 15.0 Å². The third-order valence-electron chi connectivity index (χ3n) is 2.85. The van der Waals surface area contributed by atoms with Gasteiger partial charge in [0.25, 0.3) is 5.91 Å². The monoisotopic (exact) mass is 302 g/mol. The van der Waals surface area contributed by atoms with Gasteiger partial charge in [-0.25, -0.2) is 0 Å². The molecule has 0 saturated heterocycles. The zero-order valence-electron chi connectivity index (χ0n) is 11.8. The smallest absolute Gasteiger partial charge is 0.272 e. The number of hydrogen-bond donors (Lipinski definition) is 2. The van der Waals surface area contributed by atoms with Crippen LogP contribution >= 0.6 is 11.6 Å². The van der Waals surface area contributed by atoms with Crippen molar-refractivity contribution in [2.24, 2.45) is 7.05 Å². The summed E-state index contributed by atoms with van der Waals surface area (Å²) in [6, 6.07) is 7.11. The Morgan fingerprint density at radius 2 is 2.14 bits per heavy atom. The summed E-state index contributed by atoms with van der Waals surface area (Å²) in [7, 11) is 1.76. The normalized spacial score (nSPS) is 9.90. The second-order valence-corrected chi connectivity index (χ2v) is 5.09. The van der Waals surface area contributed by atoms with Crippen molar-refractivity contribution in [1.29, 1.82) is 0 Å². The number of aryl methyl sites for hydroxylation is 2. The molecule has 0 spiro atoms. The summed E-state index contributed by atoms with van der Waals surface area (Å²) in [6.07, 6.45) is 1.67. The van der Waals surface area contributed by atoms with E-state index < -0.39 is 0 Å². The van der Waals surface area contributed by atoms with Crippen molar-refractivity contribution in [3.63, 3.8) is 0 Å². The molecule has 0 radical (unpaired) electrons. The molecule has 1 aromatic heterocycles. The summed E-state index contributed by atoms with van der Waals surface area (Å²) < 4.78 is 1.67. The first-order chi connectivity index (χ1) is 9.99. The van der Waals surface area contributed by atoms with Gasteiger partial charge >= 0.3 is 0 Å². The maximum absolute atomic E-state index is 12.2. The summed E-state index contributed by atoms with van der Waals surface area (Å²) in [5, 5.41) is 12.1. The number of nitrogens with one attached hydrogen (secondary N) is 1. The van der Waals surface area contributed by atoms with E-state index in [1.165, 1.54) is 0 Å². The molecule has 0 atom stereocenters. The highest BCUT2D eigenvalue weighted by Crippen LogP contribution is 2.17. The van der Waals surface area contributed by atoms with Crippen molar-refractivity contribution in [3.8, 4) is 11.8 Å². The van der Waals surface area contributed by atoms with E-state index in [1.807, 2.05) is 19.1 Å². The molecule has 0 saturated carbocycles. The maximum Gasteiger partial charge on any atom is 0.272 e. The number of halogens is 1. The lowest BCUT2D eigenvalue weighted by molar-refractivity contribution is 0.101. The zero-order chi connectivity index (χ0) is 15.4. The summed E-state index contributed by atoms with van der Waals surface area (Å²) in [5.74, 6) is 5.17. The van der Waals surface area contributed by atoms with Gasteiger partial charge in [0.2, 0.25) is 0 Å². The van der Waals surface area contributed by atoms with Crippen LogP contribution in [-0.2, 0) is 7.05 Å². The van der Waals surface area contributed by atoms with Crippen LogP contribution in [0.5, 0.6) is 0 Å². The number of carbonyl (C=O) groups is 1. The fourth-order valence-electron chi connectivity index (χ4n) is 2.01. The molecule has 108 valence electrons. The van der Waals surface area contributed by atoms with Crippen molar-refractivity contribution < 1.29 is 9.90 Å². The molecule has 0 bridgehead atoms. The molecule has 1 heterocycles. The van der Waals surface area contributed by atoms with E-state index >= 15 is 0 Å². The van der Waals surface area contributed by atoms with Gasteiger partial charge in [-0.2, -0.15) is 0 Å². The second-order valence-electron chi connectivity index (χ2n) is 4.66. The Kier molecular flexibility index (Phi) is 4.69. The molecule has 0 aliphatic heterocycles. The van der Waals surface area contributed by atoms with E-state index in [0.29, 0.717) is 16.4 Å². The highest BCUT2D eigenvalue weighted by Gasteiger charge is 2.11. The minimum absolute atomic E-state index is 0.197. The predicted molar refractivity (Wildman–Crippen MR) is 83.5 cm³/mol. The number of amides is 1. The Bertz CT molecular complexity index is 738. The minimum Gasteiger partial charge on any atom is -0.384 e. The van der Waals surface area contributed by atoms with Crippen LogP contribution < -0.4 is 5.32 Å². The molecule has 0 aliphatic carbocycles. The molecule has 1 amide bonds. The molecule has 0 aliphatic rings. The number of hydrogen-bond acceptors (Lipinski definition) is 2. The summed E-state index contributed by atoms with van der Waals surface area (Å²) in [5.41, 5.74) is 2.84. The van der Waals surface area contributed by atoms with Gasteiger partial charge in [-0.05, 0) is 36.8 Å². The number of nitrogens with zero attached hydrogens (tertiary/aromatic N) is 1. The molecule has 0 unspecified atom stereocenters. The van der Waals surface area contributed by atoms with Crippen LogP contribution in [0, 0.1) is 18.8 Å². The lowest BCUT2D eigenvalue weighted by Gasteiger charge is -2.07. The van der Waals surface area contributed by atoms with Crippen LogP contribution in [0.2, 0.25) is 5.02 Å². The van der Waals surface area contributed by atoms with Crippen molar-refractivity contribution in [2.75, 3.05) is 11.9 Å². The molecule has 2 rings (SSSR count). The molecule has 2 aromatic rings. The zero-order valence-corrected chi connectivity index (χ0v) is 12.5. The molecule has 21 heavy (non-hydrogen) atoms. The Labute approximate surface area is 128 Å². The number of benzene rings is 1. The fourth-order valence-corrected chi connectivity index (χ4v) is 2.26. The predicted octanol–water partition coefficient (Wildman–Crippen LogP) is 2.58. The van der Waals surface area contributed by atoms with Crippen molar-refractivity contribution in [3.05, 3.63) is 52.3 Å². The van der Waals surface area contributed by atoms with Crippen molar-refractivity contribution in [1.82, 2.24) is 4.57 Å². The minimum atomic E-state index is -0.240. The van der Waals surface area contributed by atoms with E-state index in [1.54, 1.807) is 29.9 Å². The highest BCUT2D eigenvalue weighted by atomic mass is 35.5. The SMILES string of the molecule is Cc1cc(C#CCO)cc(NC(=O)c2cc(Cl)cn2C)c1. The Morgan fingerprint density at radius 1 is 1.38 bits per heavy atom. The van der Waals surface area contributed by atoms with Crippen LogP contribution in [0.3, 0.4) is 0 Å². The van der Waals surface area contributed by atoms with E-state index in [2.05, 4.69) is 17.2 Å². The molecule has 0 fully saturated rings. The van der Waals surface area contributed by atoms with Gasteiger partial charge in [0.1, 0.15) is 12.3 Å². The third kappa shape index (κ3) is 3.88. The fraction of sp³-hybridized carbons (Fsp3) is 0.188. The summed E-state index contributed by atoms with van der Waals surface area (Å²) in [6.45, 7) is 1.72. The number of aliphatic hydroxyl groups is 1. The van der Waals surface area contributed by atoms with Crippen LogP contribution in [0.4, 0.5) is 5.69 Å². The molecular formula is C16H15ClN2O2. The Balaban J connectivity index is 2.25. The van der Waals surface area contributed by atoms with Gasteiger partial charge in [-0.1, -0.05) is 23.4 Å². The van der Waals surface area contributed by atoms with Crippen LogP contribution in [-0.4, -0.2) is 22.2 Å². The van der Waals surface area contributed by atoms with Crippen molar-refractivity contribution >= 4 is 23.2 Å². The number of aliphatic hydroxyl groups excluding tert-OH is 1. The third-order valence-corrected chi connectivity index (χ3v) is 3.06. The summed E-state index contributed by atoms with van der Waals surface area (Å²) >= 11 is 5.88. The Hall–Kier alpha value is -2.22. The van der Waals surface area contributed by atoms with Crippen LogP contribution in [0.1, 0.15) is 21.6 Å². The van der Waals surface area contributed by atoms with Gasteiger partial charge in [0.05, 0.1) is 5.02 Å². The highest BCUT2D eigenvalue weighted by molar-refractivity contribution is 6.31. The van der Waals surface area contributed by atoms with E-state index in [4.69, 9.17) is 16.7 Å². The van der Waals surface area contributed by atoms with Gasteiger partial charge in [-0.3, -0.25) is 4.79 Å². The van der Waals surface area contributed by atoms with E-state index in [0.717, 1.165) is 11.1 Å². The topological polar surface area (TPSA) is 54.3 Å². The van der Waals surface area contributed by atoms with Crippen LogP contribution in [0.25, 0.3) is 0 Å². The number of anilines is 1. The molecule has 4 nitrogen and oxygen atoms in total. The lowest BCUT2D eigenvalue weighted by Crippen LogP contribution is -2.15. The van der Waals surface area contributed by atoms with Gasteiger partial charge in [0, 0.05) is 24.5 Å². The second kappa shape index (κ2) is 6.49. The molecule has 1 aromatic carbocycles. The first kappa shape index (κ1) is 15.2.